The maximum atomic E-state index is 12.9. The van der Waals surface area contributed by atoms with Gasteiger partial charge in [0.05, 0.1) is 0 Å². The van der Waals surface area contributed by atoms with Crippen LogP contribution in [0.5, 0.6) is 0 Å². The van der Waals surface area contributed by atoms with Gasteiger partial charge in [0.2, 0.25) is 5.91 Å². The molecule has 2 heterocycles. The van der Waals surface area contributed by atoms with E-state index in [0.717, 1.165) is 17.8 Å². The third kappa shape index (κ3) is 3.53. The molecule has 1 unspecified atom stereocenters. The maximum absolute atomic E-state index is 12.9. The minimum Gasteiger partial charge on any atom is -0.344 e. The number of carbonyl (C=O) groups is 1. The Morgan fingerprint density at radius 2 is 1.96 bits per heavy atom. The second kappa shape index (κ2) is 7.14. The molecule has 24 heavy (non-hydrogen) atoms. The average molecular weight is 371 g/mol. The van der Waals surface area contributed by atoms with Gasteiger partial charge in [0.25, 0.3) is 10.0 Å². The summed E-state index contributed by atoms with van der Waals surface area (Å²) in [6.45, 7) is 3.08. The molecule has 2 fully saturated rings. The van der Waals surface area contributed by atoms with Crippen molar-refractivity contribution in [2.45, 2.75) is 55.7 Å². The first-order chi connectivity index (χ1) is 11.4. The fourth-order valence-corrected chi connectivity index (χ4v) is 6.93. The van der Waals surface area contributed by atoms with Crippen molar-refractivity contribution < 1.29 is 13.2 Å². The molecule has 1 atom stereocenters. The summed E-state index contributed by atoms with van der Waals surface area (Å²) < 4.78 is 27.6. The zero-order valence-corrected chi connectivity index (χ0v) is 16.0. The first kappa shape index (κ1) is 17.9. The molecule has 1 saturated carbocycles. The summed E-state index contributed by atoms with van der Waals surface area (Å²) in [6.07, 6.45) is 6.22. The predicted octanol–water partition coefficient (Wildman–Crippen LogP) is 2.86. The van der Waals surface area contributed by atoms with Gasteiger partial charge in [-0.2, -0.15) is 4.31 Å². The Kier molecular flexibility index (Phi) is 5.32. The molecule has 5 nitrogen and oxygen atoms in total. The summed E-state index contributed by atoms with van der Waals surface area (Å²) in [5.74, 6) is 0.529. The van der Waals surface area contributed by atoms with Crippen LogP contribution in [0.25, 0.3) is 0 Å². The molecule has 1 aliphatic carbocycles. The van der Waals surface area contributed by atoms with E-state index in [4.69, 9.17) is 0 Å². The fourth-order valence-electron chi connectivity index (χ4n) is 3.87. The van der Waals surface area contributed by atoms with Gasteiger partial charge in [-0.1, -0.05) is 12.8 Å². The average Bonchev–Trinajstić information content (AvgIpc) is 3.27. The van der Waals surface area contributed by atoms with E-state index in [1.165, 1.54) is 41.3 Å². The quantitative estimate of drug-likeness (QED) is 0.801. The molecular formula is C17H26N2O3S2. The molecule has 1 aromatic heterocycles. The molecule has 0 aromatic carbocycles. The Labute approximate surface area is 148 Å². The molecular weight excluding hydrogens is 344 g/mol. The van der Waals surface area contributed by atoms with Crippen molar-refractivity contribution in [3.05, 3.63) is 17.0 Å². The molecule has 0 spiro atoms. The van der Waals surface area contributed by atoms with Gasteiger partial charge in [0, 0.05) is 25.0 Å². The Hall–Kier alpha value is -0.920. The van der Waals surface area contributed by atoms with Crippen LogP contribution >= 0.6 is 11.3 Å². The summed E-state index contributed by atoms with van der Waals surface area (Å²) in [6, 6.07) is 2.93. The SMILES string of the molecule is Cc1ccc(S(=O)(=O)N2CCCC2C(=O)N(C)CC2CCCC2)s1. The maximum Gasteiger partial charge on any atom is 0.253 e. The zero-order chi connectivity index (χ0) is 17.3. The highest BCUT2D eigenvalue weighted by atomic mass is 32.2. The van der Waals surface area contributed by atoms with Crippen LogP contribution in [-0.2, 0) is 14.8 Å². The lowest BCUT2D eigenvalue weighted by molar-refractivity contribution is -0.133. The van der Waals surface area contributed by atoms with Gasteiger partial charge < -0.3 is 4.90 Å². The third-order valence-electron chi connectivity index (χ3n) is 5.15. The topological polar surface area (TPSA) is 57.7 Å². The van der Waals surface area contributed by atoms with Gasteiger partial charge in [-0.3, -0.25) is 4.79 Å². The second-order valence-corrected chi connectivity index (χ2v) is 10.4. The largest absolute Gasteiger partial charge is 0.344 e. The number of likely N-dealkylation sites (N-methyl/N-ethyl adjacent to an activating group) is 1. The van der Waals surface area contributed by atoms with E-state index in [2.05, 4.69) is 0 Å². The van der Waals surface area contributed by atoms with Crippen LogP contribution in [0.1, 0.15) is 43.4 Å². The normalized spacial score (nSPS) is 23.0. The molecule has 0 bridgehead atoms. The van der Waals surface area contributed by atoms with Crippen molar-refractivity contribution in [1.29, 1.82) is 0 Å². The van der Waals surface area contributed by atoms with Crippen LogP contribution in [0, 0.1) is 12.8 Å². The Bertz CT molecular complexity index is 692. The molecule has 2 aliphatic rings. The van der Waals surface area contributed by atoms with Gasteiger partial charge in [0.1, 0.15) is 10.3 Å². The number of hydrogen-bond acceptors (Lipinski definition) is 4. The van der Waals surface area contributed by atoms with Gasteiger partial charge in [0.15, 0.2) is 0 Å². The van der Waals surface area contributed by atoms with E-state index in [-0.39, 0.29) is 5.91 Å². The molecule has 1 saturated heterocycles. The van der Waals surface area contributed by atoms with Crippen molar-refractivity contribution in [2.24, 2.45) is 5.92 Å². The second-order valence-electron chi connectivity index (χ2n) is 7.01. The number of nitrogens with zero attached hydrogens (tertiary/aromatic N) is 2. The summed E-state index contributed by atoms with van der Waals surface area (Å²) in [7, 11) is -1.75. The Morgan fingerprint density at radius 1 is 1.25 bits per heavy atom. The number of rotatable bonds is 5. The van der Waals surface area contributed by atoms with Gasteiger partial charge >= 0.3 is 0 Å². The highest BCUT2D eigenvalue weighted by Gasteiger charge is 2.41. The van der Waals surface area contributed by atoms with Crippen LogP contribution < -0.4 is 0 Å². The summed E-state index contributed by atoms with van der Waals surface area (Å²) in [4.78, 5) is 15.6. The van der Waals surface area contributed by atoms with E-state index in [9.17, 15) is 13.2 Å². The summed E-state index contributed by atoms with van der Waals surface area (Å²) >= 11 is 1.28. The minimum atomic E-state index is -3.57. The van der Waals surface area contributed by atoms with Crippen LogP contribution in [-0.4, -0.2) is 49.7 Å². The number of hydrogen-bond donors (Lipinski definition) is 0. The molecule has 3 rings (SSSR count). The van der Waals surface area contributed by atoms with Crippen LogP contribution in [0.4, 0.5) is 0 Å². The van der Waals surface area contributed by atoms with Crippen molar-refractivity contribution in [3.63, 3.8) is 0 Å². The van der Waals surface area contributed by atoms with Crippen LogP contribution in [0.15, 0.2) is 16.3 Å². The molecule has 1 aliphatic heterocycles. The fraction of sp³-hybridized carbons (Fsp3) is 0.706. The lowest BCUT2D eigenvalue weighted by atomic mass is 10.1. The van der Waals surface area contributed by atoms with E-state index in [0.29, 0.717) is 23.1 Å². The number of aryl methyl sites for hydroxylation is 1. The third-order valence-corrected chi connectivity index (χ3v) is 8.53. The Morgan fingerprint density at radius 3 is 2.58 bits per heavy atom. The van der Waals surface area contributed by atoms with Gasteiger partial charge in [-0.25, -0.2) is 8.42 Å². The minimum absolute atomic E-state index is 0.0451. The van der Waals surface area contributed by atoms with E-state index in [1.54, 1.807) is 11.0 Å². The van der Waals surface area contributed by atoms with Crippen molar-refractivity contribution in [2.75, 3.05) is 20.1 Å². The predicted molar refractivity (Wildman–Crippen MR) is 95.6 cm³/mol. The summed E-state index contributed by atoms with van der Waals surface area (Å²) in [5.41, 5.74) is 0. The molecule has 1 aromatic rings. The number of thiophene rings is 1. The molecule has 0 N–H and O–H groups in total. The number of carbonyl (C=O) groups excluding carboxylic acids is 1. The lowest BCUT2D eigenvalue weighted by Gasteiger charge is -2.28. The lowest BCUT2D eigenvalue weighted by Crippen LogP contribution is -2.47. The zero-order valence-electron chi connectivity index (χ0n) is 14.4. The number of amides is 1. The van der Waals surface area contributed by atoms with Gasteiger partial charge in [-0.15, -0.1) is 11.3 Å². The van der Waals surface area contributed by atoms with Crippen LogP contribution in [0.3, 0.4) is 0 Å². The Balaban J connectivity index is 1.73. The van der Waals surface area contributed by atoms with E-state index < -0.39 is 16.1 Å². The molecule has 134 valence electrons. The first-order valence-corrected chi connectivity index (χ1v) is 11.0. The standard InChI is InChI=1S/C17H26N2O3S2/c1-13-9-10-16(23-13)24(21,22)19-11-5-8-15(19)17(20)18(2)12-14-6-3-4-7-14/h9-10,14-15H,3-8,11-12H2,1-2H3. The van der Waals surface area contributed by atoms with Crippen molar-refractivity contribution >= 4 is 27.3 Å². The molecule has 1 amide bonds. The molecule has 7 heteroatoms. The first-order valence-electron chi connectivity index (χ1n) is 8.73. The highest BCUT2D eigenvalue weighted by Crippen LogP contribution is 2.31. The van der Waals surface area contributed by atoms with E-state index in [1.807, 2.05) is 20.0 Å². The van der Waals surface area contributed by atoms with Crippen molar-refractivity contribution in [1.82, 2.24) is 9.21 Å². The number of sulfonamides is 1. The summed E-state index contributed by atoms with van der Waals surface area (Å²) in [5, 5.41) is 0. The van der Waals surface area contributed by atoms with Crippen LogP contribution in [0.2, 0.25) is 0 Å². The van der Waals surface area contributed by atoms with Crippen molar-refractivity contribution in [3.8, 4) is 0 Å². The highest BCUT2D eigenvalue weighted by molar-refractivity contribution is 7.91. The smallest absolute Gasteiger partial charge is 0.253 e. The monoisotopic (exact) mass is 370 g/mol. The molecule has 0 radical (unpaired) electrons. The van der Waals surface area contributed by atoms with Gasteiger partial charge in [-0.05, 0) is 50.7 Å². The van der Waals surface area contributed by atoms with E-state index >= 15 is 0 Å².